The van der Waals surface area contributed by atoms with Gasteiger partial charge < -0.3 is 10.2 Å². The molecule has 1 aliphatic heterocycles. The van der Waals surface area contributed by atoms with Gasteiger partial charge in [-0.2, -0.15) is 13.2 Å². The summed E-state index contributed by atoms with van der Waals surface area (Å²) in [6.45, 7) is 1.89. The average Bonchev–Trinajstić information content (AvgIpc) is 2.76. The van der Waals surface area contributed by atoms with Crippen LogP contribution in [0.3, 0.4) is 0 Å². The largest absolute Gasteiger partial charge is 0.416 e. The highest BCUT2D eigenvalue weighted by atomic mass is 19.4. The summed E-state index contributed by atoms with van der Waals surface area (Å²) in [5.41, 5.74) is 1.90. The minimum Gasteiger partial charge on any atom is -0.340 e. The molecule has 1 unspecified atom stereocenters. The maximum absolute atomic E-state index is 12.9. The molecule has 0 saturated carbocycles. The first kappa shape index (κ1) is 13.8. The van der Waals surface area contributed by atoms with E-state index in [4.69, 9.17) is 0 Å². The van der Waals surface area contributed by atoms with Crippen molar-refractivity contribution < 1.29 is 13.2 Å². The van der Waals surface area contributed by atoms with E-state index >= 15 is 0 Å². The molecule has 1 atom stereocenters. The average molecular weight is 292 g/mol. The summed E-state index contributed by atoms with van der Waals surface area (Å²) >= 11 is 0. The van der Waals surface area contributed by atoms with Crippen LogP contribution in [0.2, 0.25) is 0 Å². The highest BCUT2D eigenvalue weighted by Gasteiger charge is 2.35. The van der Waals surface area contributed by atoms with Gasteiger partial charge in [0.1, 0.15) is 5.82 Å². The van der Waals surface area contributed by atoms with Gasteiger partial charge >= 0.3 is 6.18 Å². The molecule has 2 nitrogen and oxygen atoms in total. The number of nitrogens with one attached hydrogen (secondary N) is 1. The molecule has 0 bridgehead atoms. The summed E-state index contributed by atoms with van der Waals surface area (Å²) in [7, 11) is 1.85. The van der Waals surface area contributed by atoms with E-state index in [1.165, 1.54) is 6.08 Å². The van der Waals surface area contributed by atoms with Crippen LogP contribution in [-0.4, -0.2) is 13.2 Å². The van der Waals surface area contributed by atoms with Crippen LogP contribution in [0.1, 0.15) is 6.92 Å². The highest BCUT2D eigenvalue weighted by molar-refractivity contribution is 5.81. The van der Waals surface area contributed by atoms with Crippen LogP contribution < -0.4 is 10.2 Å². The normalized spacial score (nSPS) is 24.7. The number of rotatable bonds is 0. The molecule has 0 fully saturated rings. The van der Waals surface area contributed by atoms with Crippen molar-refractivity contribution in [1.29, 1.82) is 0 Å². The van der Waals surface area contributed by atoms with E-state index in [-0.39, 0.29) is 5.92 Å². The minimum absolute atomic E-state index is 0.0737. The van der Waals surface area contributed by atoms with Crippen LogP contribution in [0.4, 0.5) is 24.5 Å². The van der Waals surface area contributed by atoms with Gasteiger partial charge in [-0.15, -0.1) is 0 Å². The number of nitrogens with zero attached hydrogens (tertiary/aromatic N) is 1. The molecule has 3 rings (SSSR count). The number of hydrogen-bond donors (Lipinski definition) is 1. The third-order valence-electron chi connectivity index (χ3n) is 3.82. The minimum atomic E-state index is -4.33. The number of hydrogen-bond acceptors (Lipinski definition) is 2. The molecule has 1 N–H and O–H groups in total. The summed E-state index contributed by atoms with van der Waals surface area (Å²) in [5.74, 6) is 0.630. The Morgan fingerprint density at radius 1 is 1.19 bits per heavy atom. The molecule has 0 aromatic heterocycles. The standard InChI is InChI=1S/C16H15F3N2/c1-10-7-8-11(16(17,18)19)9-12(10)15-20-13-5-3-4-6-14(13)21(15)2/h3-10,20H,1-2H3. The highest BCUT2D eigenvalue weighted by Crippen LogP contribution is 2.40. The molecular weight excluding hydrogens is 277 g/mol. The zero-order chi connectivity index (χ0) is 15.2. The van der Waals surface area contributed by atoms with Crippen molar-refractivity contribution in [3.05, 3.63) is 59.5 Å². The second-order valence-electron chi connectivity index (χ2n) is 5.25. The van der Waals surface area contributed by atoms with Crippen molar-refractivity contribution in [2.24, 2.45) is 5.92 Å². The Labute approximate surface area is 121 Å². The molecule has 0 radical (unpaired) electrons. The summed E-state index contributed by atoms with van der Waals surface area (Å²) in [6.07, 6.45) is -0.359. The molecule has 110 valence electrons. The van der Waals surface area contributed by atoms with Gasteiger partial charge in [0.15, 0.2) is 0 Å². The van der Waals surface area contributed by atoms with Gasteiger partial charge in [0.2, 0.25) is 0 Å². The Hall–Kier alpha value is -2.17. The molecule has 2 aliphatic rings. The number of allylic oxidation sites excluding steroid dienone is 5. The Bertz CT molecular complexity index is 668. The molecule has 1 aliphatic carbocycles. The summed E-state index contributed by atoms with van der Waals surface area (Å²) in [5, 5.41) is 3.22. The van der Waals surface area contributed by atoms with E-state index < -0.39 is 11.7 Å². The lowest BCUT2D eigenvalue weighted by atomic mass is 9.92. The Kier molecular flexibility index (Phi) is 3.08. The maximum atomic E-state index is 12.9. The molecule has 21 heavy (non-hydrogen) atoms. The van der Waals surface area contributed by atoms with E-state index in [9.17, 15) is 13.2 Å². The predicted octanol–water partition coefficient (Wildman–Crippen LogP) is 4.45. The zero-order valence-electron chi connectivity index (χ0n) is 11.7. The van der Waals surface area contributed by atoms with Gasteiger partial charge in [-0.25, -0.2) is 0 Å². The van der Waals surface area contributed by atoms with Crippen LogP contribution in [0.5, 0.6) is 0 Å². The molecule has 0 spiro atoms. The number of halogens is 3. The van der Waals surface area contributed by atoms with Gasteiger partial charge in [0.05, 0.1) is 16.9 Å². The van der Waals surface area contributed by atoms with E-state index in [0.717, 1.165) is 17.5 Å². The Morgan fingerprint density at radius 2 is 1.90 bits per heavy atom. The molecule has 1 heterocycles. The number of alkyl halides is 3. The molecular formula is C16H15F3N2. The lowest BCUT2D eigenvalue weighted by molar-refractivity contribution is -0.0884. The Morgan fingerprint density at radius 3 is 2.57 bits per heavy atom. The topological polar surface area (TPSA) is 15.3 Å². The van der Waals surface area contributed by atoms with E-state index in [1.807, 2.05) is 43.1 Å². The quantitative estimate of drug-likeness (QED) is 0.759. The SMILES string of the molecule is CC1C=CC(C(F)(F)F)=CC1=C1Nc2ccccc2N1C. The van der Waals surface area contributed by atoms with Gasteiger partial charge in [-0.05, 0) is 18.2 Å². The zero-order valence-corrected chi connectivity index (χ0v) is 11.7. The van der Waals surface area contributed by atoms with Crippen LogP contribution in [-0.2, 0) is 0 Å². The van der Waals surface area contributed by atoms with E-state index in [0.29, 0.717) is 11.4 Å². The number of fused-ring (bicyclic) bond motifs is 1. The van der Waals surface area contributed by atoms with Crippen LogP contribution in [0.25, 0.3) is 0 Å². The number of anilines is 2. The van der Waals surface area contributed by atoms with Crippen molar-refractivity contribution in [3.8, 4) is 0 Å². The molecule has 1 aromatic carbocycles. The first-order valence-corrected chi connectivity index (χ1v) is 6.69. The van der Waals surface area contributed by atoms with Crippen molar-refractivity contribution in [2.75, 3.05) is 17.3 Å². The van der Waals surface area contributed by atoms with Crippen molar-refractivity contribution in [2.45, 2.75) is 13.1 Å². The first-order valence-electron chi connectivity index (χ1n) is 6.69. The van der Waals surface area contributed by atoms with Gasteiger partial charge in [0.25, 0.3) is 0 Å². The Balaban J connectivity index is 2.07. The van der Waals surface area contributed by atoms with Crippen molar-refractivity contribution in [1.82, 2.24) is 0 Å². The number of benzene rings is 1. The first-order chi connectivity index (χ1) is 9.88. The summed E-state index contributed by atoms with van der Waals surface area (Å²) in [4.78, 5) is 1.89. The fraction of sp³-hybridized carbons (Fsp3) is 0.250. The second kappa shape index (κ2) is 4.69. The fourth-order valence-electron chi connectivity index (χ4n) is 2.63. The van der Waals surface area contributed by atoms with Gasteiger partial charge in [0, 0.05) is 18.5 Å². The van der Waals surface area contributed by atoms with Crippen LogP contribution in [0, 0.1) is 5.92 Å². The summed E-state index contributed by atoms with van der Waals surface area (Å²) < 4.78 is 38.7. The smallest absolute Gasteiger partial charge is 0.340 e. The van der Waals surface area contributed by atoms with Gasteiger partial charge in [-0.3, -0.25) is 0 Å². The van der Waals surface area contributed by atoms with Crippen LogP contribution >= 0.6 is 0 Å². The van der Waals surface area contributed by atoms with Crippen LogP contribution in [0.15, 0.2) is 59.5 Å². The predicted molar refractivity (Wildman–Crippen MR) is 77.9 cm³/mol. The molecule has 5 heteroatoms. The molecule has 1 aromatic rings. The number of para-hydroxylation sites is 2. The lowest BCUT2D eigenvalue weighted by Gasteiger charge is -2.23. The lowest BCUT2D eigenvalue weighted by Crippen LogP contribution is -2.21. The third kappa shape index (κ3) is 2.33. The van der Waals surface area contributed by atoms with E-state index in [1.54, 1.807) is 6.08 Å². The second-order valence-corrected chi connectivity index (χ2v) is 5.25. The molecule has 0 amide bonds. The van der Waals surface area contributed by atoms with Crippen molar-refractivity contribution >= 4 is 11.4 Å². The van der Waals surface area contributed by atoms with Gasteiger partial charge in [-0.1, -0.05) is 31.2 Å². The summed E-state index contributed by atoms with van der Waals surface area (Å²) in [6, 6.07) is 7.66. The monoisotopic (exact) mass is 292 g/mol. The van der Waals surface area contributed by atoms with E-state index in [2.05, 4.69) is 5.32 Å². The third-order valence-corrected chi connectivity index (χ3v) is 3.82. The fourth-order valence-corrected chi connectivity index (χ4v) is 2.63. The molecule has 0 saturated heterocycles. The van der Waals surface area contributed by atoms with Crippen molar-refractivity contribution in [3.63, 3.8) is 0 Å². The maximum Gasteiger partial charge on any atom is 0.416 e.